The van der Waals surface area contributed by atoms with Gasteiger partial charge in [-0.05, 0) is 66.1 Å². The Labute approximate surface area is 122 Å². The molecule has 2 aromatic rings. The Bertz CT molecular complexity index is 692. The fourth-order valence-corrected chi connectivity index (χ4v) is 3.11. The first kappa shape index (κ1) is 13.5. The Kier molecular flexibility index (Phi) is 3.29. The predicted octanol–water partition coefficient (Wildman–Crippen LogP) is 2.47. The molecule has 0 spiro atoms. The molecule has 0 heterocycles. The highest BCUT2D eigenvalue weighted by molar-refractivity contribution is 5.95. The summed E-state index contributed by atoms with van der Waals surface area (Å²) >= 11 is 0. The Morgan fingerprint density at radius 3 is 2.48 bits per heavy atom. The maximum absolute atomic E-state index is 11.6. The third-order valence-electron chi connectivity index (χ3n) is 4.17. The second-order valence-electron chi connectivity index (χ2n) is 5.53. The van der Waals surface area contributed by atoms with Gasteiger partial charge in [-0.2, -0.15) is 0 Å². The van der Waals surface area contributed by atoms with Gasteiger partial charge in [-0.25, -0.2) is 0 Å². The van der Waals surface area contributed by atoms with Gasteiger partial charge in [0.15, 0.2) is 0 Å². The number of carbonyl (C=O) groups excluding carboxylic acids is 1. The minimum absolute atomic E-state index is 0.0885. The van der Waals surface area contributed by atoms with Crippen molar-refractivity contribution < 1.29 is 15.0 Å². The van der Waals surface area contributed by atoms with Gasteiger partial charge < -0.3 is 15.9 Å². The molecular weight excluding hydrogens is 266 g/mol. The molecule has 0 aromatic heterocycles. The Hall–Kier alpha value is -2.49. The molecule has 0 saturated carbocycles. The van der Waals surface area contributed by atoms with E-state index in [1.165, 1.54) is 6.07 Å². The average Bonchev–Trinajstić information content (AvgIpc) is 2.46. The number of nitrogens with two attached hydrogens (primary N) is 1. The third kappa shape index (κ3) is 2.57. The SMILES string of the molecule is NC(=O)c1cc(O)cc2c1C[C@@H](c1ccc(O)cc1)CC2. The normalized spacial score (nSPS) is 17.2. The van der Waals surface area contributed by atoms with Gasteiger partial charge in [-0.15, -0.1) is 0 Å². The van der Waals surface area contributed by atoms with Crippen molar-refractivity contribution in [1.82, 2.24) is 0 Å². The van der Waals surface area contributed by atoms with Crippen LogP contribution in [0, 0.1) is 0 Å². The summed E-state index contributed by atoms with van der Waals surface area (Å²) in [7, 11) is 0. The molecule has 108 valence electrons. The van der Waals surface area contributed by atoms with Crippen LogP contribution in [0.5, 0.6) is 11.5 Å². The fourth-order valence-electron chi connectivity index (χ4n) is 3.11. The fraction of sp³-hybridized carbons (Fsp3) is 0.235. The largest absolute Gasteiger partial charge is 0.508 e. The molecule has 0 fully saturated rings. The number of rotatable bonds is 2. The summed E-state index contributed by atoms with van der Waals surface area (Å²) in [6.07, 6.45) is 2.47. The van der Waals surface area contributed by atoms with E-state index in [9.17, 15) is 15.0 Å². The lowest BCUT2D eigenvalue weighted by molar-refractivity contribution is 0.0998. The molecule has 4 N–H and O–H groups in total. The van der Waals surface area contributed by atoms with E-state index in [-0.39, 0.29) is 11.5 Å². The number of hydrogen-bond donors (Lipinski definition) is 3. The second kappa shape index (κ2) is 5.13. The van der Waals surface area contributed by atoms with Gasteiger partial charge in [0.1, 0.15) is 11.5 Å². The molecule has 0 aliphatic heterocycles. The van der Waals surface area contributed by atoms with Crippen molar-refractivity contribution in [3.8, 4) is 11.5 Å². The van der Waals surface area contributed by atoms with Crippen LogP contribution < -0.4 is 5.73 Å². The summed E-state index contributed by atoms with van der Waals surface area (Å²) in [5, 5.41) is 19.1. The lowest BCUT2D eigenvalue weighted by Gasteiger charge is -2.26. The standard InChI is InChI=1S/C17H17NO3/c18-17(21)16-9-14(20)7-12-2-1-11(8-15(12)16)10-3-5-13(19)6-4-10/h3-7,9,11,19-20H,1-2,8H2,(H2,18,21)/t11-/m0/s1. The number of amides is 1. The second-order valence-corrected chi connectivity index (χ2v) is 5.53. The van der Waals surface area contributed by atoms with Crippen LogP contribution in [0.3, 0.4) is 0 Å². The molecule has 1 atom stereocenters. The van der Waals surface area contributed by atoms with E-state index in [1.807, 2.05) is 12.1 Å². The predicted molar refractivity (Wildman–Crippen MR) is 79.5 cm³/mol. The summed E-state index contributed by atoms with van der Waals surface area (Å²) in [5.74, 6) is 0.123. The van der Waals surface area contributed by atoms with Crippen LogP contribution >= 0.6 is 0 Å². The zero-order valence-electron chi connectivity index (χ0n) is 11.5. The van der Waals surface area contributed by atoms with Crippen LogP contribution in [0.2, 0.25) is 0 Å². The average molecular weight is 283 g/mol. The van der Waals surface area contributed by atoms with Gasteiger partial charge in [-0.3, -0.25) is 4.79 Å². The van der Waals surface area contributed by atoms with E-state index in [1.54, 1.807) is 18.2 Å². The number of carbonyl (C=O) groups is 1. The summed E-state index contributed by atoms with van der Waals surface area (Å²) in [6, 6.07) is 10.3. The van der Waals surface area contributed by atoms with E-state index < -0.39 is 5.91 Å². The number of aromatic hydroxyl groups is 2. The molecule has 1 amide bonds. The monoisotopic (exact) mass is 283 g/mol. The lowest BCUT2D eigenvalue weighted by Crippen LogP contribution is -2.20. The van der Waals surface area contributed by atoms with E-state index in [0.29, 0.717) is 11.5 Å². The molecule has 21 heavy (non-hydrogen) atoms. The van der Waals surface area contributed by atoms with Gasteiger partial charge >= 0.3 is 0 Å². The van der Waals surface area contributed by atoms with Gasteiger partial charge in [-0.1, -0.05) is 12.1 Å². The molecule has 3 rings (SSSR count). The summed E-state index contributed by atoms with van der Waals surface area (Å²) in [5.41, 5.74) is 8.91. The summed E-state index contributed by atoms with van der Waals surface area (Å²) < 4.78 is 0. The van der Waals surface area contributed by atoms with Crippen LogP contribution in [0.15, 0.2) is 36.4 Å². The first-order valence-corrected chi connectivity index (χ1v) is 6.98. The first-order valence-electron chi connectivity index (χ1n) is 6.98. The Morgan fingerprint density at radius 1 is 1.10 bits per heavy atom. The molecule has 0 saturated heterocycles. The Morgan fingerprint density at radius 2 is 1.81 bits per heavy atom. The van der Waals surface area contributed by atoms with Crippen molar-refractivity contribution in [3.05, 3.63) is 58.7 Å². The van der Waals surface area contributed by atoms with E-state index in [0.717, 1.165) is 36.0 Å². The van der Waals surface area contributed by atoms with Crippen LogP contribution in [-0.2, 0) is 12.8 Å². The van der Waals surface area contributed by atoms with Crippen LogP contribution in [0.25, 0.3) is 0 Å². The summed E-state index contributed by atoms with van der Waals surface area (Å²) in [4.78, 5) is 11.6. The first-order chi connectivity index (χ1) is 10.0. The topological polar surface area (TPSA) is 83.6 Å². The molecule has 1 aliphatic rings. The van der Waals surface area contributed by atoms with Gasteiger partial charge in [0.05, 0.1) is 0 Å². The van der Waals surface area contributed by atoms with Crippen molar-refractivity contribution in [2.24, 2.45) is 5.73 Å². The number of primary amides is 1. The quantitative estimate of drug-likeness (QED) is 0.791. The van der Waals surface area contributed by atoms with E-state index >= 15 is 0 Å². The van der Waals surface area contributed by atoms with E-state index in [4.69, 9.17) is 5.73 Å². The molecule has 0 bridgehead atoms. The molecule has 2 aromatic carbocycles. The number of phenolic OH excluding ortho intramolecular Hbond substituents is 2. The van der Waals surface area contributed by atoms with Gasteiger partial charge in [0.2, 0.25) is 5.91 Å². The number of fused-ring (bicyclic) bond motifs is 1. The van der Waals surface area contributed by atoms with Crippen LogP contribution in [-0.4, -0.2) is 16.1 Å². The Balaban J connectivity index is 1.98. The maximum atomic E-state index is 11.6. The van der Waals surface area contributed by atoms with Gasteiger partial charge in [0, 0.05) is 5.56 Å². The highest BCUT2D eigenvalue weighted by Gasteiger charge is 2.24. The minimum Gasteiger partial charge on any atom is -0.508 e. The van der Waals surface area contributed by atoms with E-state index in [2.05, 4.69) is 0 Å². The lowest BCUT2D eigenvalue weighted by atomic mass is 9.78. The number of aryl methyl sites for hydroxylation is 1. The number of benzene rings is 2. The highest BCUT2D eigenvalue weighted by atomic mass is 16.3. The van der Waals surface area contributed by atoms with Crippen LogP contribution in [0.1, 0.15) is 39.4 Å². The van der Waals surface area contributed by atoms with Crippen LogP contribution in [0.4, 0.5) is 0 Å². The highest BCUT2D eigenvalue weighted by Crippen LogP contribution is 2.36. The van der Waals surface area contributed by atoms with Crippen molar-refractivity contribution >= 4 is 5.91 Å². The minimum atomic E-state index is -0.506. The molecule has 1 aliphatic carbocycles. The third-order valence-corrected chi connectivity index (χ3v) is 4.17. The van der Waals surface area contributed by atoms with Crippen molar-refractivity contribution in [3.63, 3.8) is 0 Å². The van der Waals surface area contributed by atoms with Crippen molar-refractivity contribution in [2.75, 3.05) is 0 Å². The van der Waals surface area contributed by atoms with Crippen molar-refractivity contribution in [2.45, 2.75) is 25.2 Å². The number of phenols is 2. The maximum Gasteiger partial charge on any atom is 0.249 e. The smallest absolute Gasteiger partial charge is 0.249 e. The molecular formula is C17H17NO3. The molecule has 0 unspecified atom stereocenters. The molecule has 4 nitrogen and oxygen atoms in total. The summed E-state index contributed by atoms with van der Waals surface area (Å²) in [6.45, 7) is 0. The van der Waals surface area contributed by atoms with Crippen molar-refractivity contribution in [1.29, 1.82) is 0 Å². The molecule has 0 radical (unpaired) electrons. The zero-order valence-corrected chi connectivity index (χ0v) is 11.5. The number of hydrogen-bond acceptors (Lipinski definition) is 3. The molecule has 4 heteroatoms. The van der Waals surface area contributed by atoms with Gasteiger partial charge in [0.25, 0.3) is 0 Å². The zero-order chi connectivity index (χ0) is 15.0.